The molecule has 1 saturated carbocycles. The van der Waals surface area contributed by atoms with E-state index in [0.29, 0.717) is 12.6 Å². The van der Waals surface area contributed by atoms with Crippen LogP contribution in [-0.4, -0.2) is 41.5 Å². The summed E-state index contributed by atoms with van der Waals surface area (Å²) < 4.78 is 0. The first-order valence-electron chi connectivity index (χ1n) is 5.88. The van der Waals surface area contributed by atoms with Gasteiger partial charge in [-0.15, -0.1) is 0 Å². The Hall–Kier alpha value is -1.10. The molecule has 0 radical (unpaired) electrons. The van der Waals surface area contributed by atoms with E-state index in [1.165, 1.54) is 17.7 Å². The first kappa shape index (κ1) is 11.4. The van der Waals surface area contributed by atoms with Crippen molar-refractivity contribution in [2.45, 2.75) is 44.7 Å². The van der Waals surface area contributed by atoms with Gasteiger partial charge in [-0.05, 0) is 39.7 Å². The van der Waals surface area contributed by atoms with Crippen LogP contribution in [0.4, 0.5) is 4.79 Å². The fourth-order valence-electron chi connectivity index (χ4n) is 1.85. The van der Waals surface area contributed by atoms with E-state index in [0.717, 1.165) is 13.0 Å². The van der Waals surface area contributed by atoms with Crippen LogP contribution in [0.25, 0.3) is 0 Å². The largest absolute Gasteiger partial charge is 0.325 e. The summed E-state index contributed by atoms with van der Waals surface area (Å²) in [6, 6.07) is 0.418. The Morgan fingerprint density at radius 2 is 2.12 bits per heavy atom. The molecule has 1 saturated heterocycles. The SMILES string of the molecule is CC1(C)NC(=O)N(CCCNC2CC2)C1=O. The molecule has 0 unspecified atom stereocenters. The van der Waals surface area contributed by atoms with Gasteiger partial charge in [0.2, 0.25) is 0 Å². The molecule has 1 aliphatic carbocycles. The van der Waals surface area contributed by atoms with Crippen LogP contribution in [0, 0.1) is 0 Å². The topological polar surface area (TPSA) is 61.4 Å². The van der Waals surface area contributed by atoms with E-state index in [2.05, 4.69) is 10.6 Å². The third kappa shape index (κ3) is 2.35. The minimum Gasteiger partial charge on any atom is -0.324 e. The van der Waals surface area contributed by atoms with E-state index in [1.54, 1.807) is 13.8 Å². The van der Waals surface area contributed by atoms with E-state index >= 15 is 0 Å². The van der Waals surface area contributed by atoms with Crippen molar-refractivity contribution in [2.24, 2.45) is 0 Å². The molecule has 3 amide bonds. The highest BCUT2D eigenvalue weighted by Crippen LogP contribution is 2.19. The Labute approximate surface area is 95.6 Å². The van der Waals surface area contributed by atoms with E-state index in [9.17, 15) is 9.59 Å². The van der Waals surface area contributed by atoms with Crippen LogP contribution < -0.4 is 10.6 Å². The molecule has 0 atom stereocenters. The molecule has 0 aromatic rings. The molecule has 2 fully saturated rings. The average Bonchev–Trinajstić information content (AvgIpc) is 2.96. The van der Waals surface area contributed by atoms with Crippen molar-refractivity contribution < 1.29 is 9.59 Å². The predicted molar refractivity (Wildman–Crippen MR) is 60.0 cm³/mol. The second-order valence-electron chi connectivity index (χ2n) is 5.09. The Kier molecular flexibility index (Phi) is 2.88. The minimum atomic E-state index is -0.735. The number of carbonyl (C=O) groups is 2. The molecule has 0 spiro atoms. The Bertz CT molecular complexity index is 310. The Morgan fingerprint density at radius 3 is 2.62 bits per heavy atom. The van der Waals surface area contributed by atoms with E-state index in [4.69, 9.17) is 0 Å². The van der Waals surface area contributed by atoms with Gasteiger partial charge in [0, 0.05) is 12.6 Å². The standard InChI is InChI=1S/C11H19N3O2/c1-11(2)9(15)14(10(16)13-11)7-3-6-12-8-4-5-8/h8,12H,3-7H2,1-2H3,(H,13,16). The number of carbonyl (C=O) groups excluding carboxylic acids is 2. The zero-order valence-corrected chi connectivity index (χ0v) is 9.88. The molecule has 5 heteroatoms. The summed E-state index contributed by atoms with van der Waals surface area (Å²) in [4.78, 5) is 24.6. The van der Waals surface area contributed by atoms with Gasteiger partial charge in [-0.2, -0.15) is 0 Å². The van der Waals surface area contributed by atoms with Gasteiger partial charge >= 0.3 is 6.03 Å². The van der Waals surface area contributed by atoms with Gasteiger partial charge in [-0.1, -0.05) is 0 Å². The smallest absolute Gasteiger partial charge is 0.324 e. The molecule has 90 valence electrons. The molecule has 2 aliphatic rings. The molecule has 2 rings (SSSR count). The summed E-state index contributed by atoms with van der Waals surface area (Å²) >= 11 is 0. The molecule has 2 N–H and O–H groups in total. The summed E-state index contributed by atoms with van der Waals surface area (Å²) in [6.45, 7) is 4.85. The highest BCUT2D eigenvalue weighted by atomic mass is 16.2. The van der Waals surface area contributed by atoms with Crippen LogP contribution in [0.3, 0.4) is 0 Å². The predicted octanol–water partition coefficient (Wildman–Crippen LogP) is 0.459. The molecule has 5 nitrogen and oxygen atoms in total. The highest BCUT2D eigenvalue weighted by molar-refractivity contribution is 6.06. The van der Waals surface area contributed by atoms with Crippen molar-refractivity contribution in [3.8, 4) is 0 Å². The van der Waals surface area contributed by atoms with Gasteiger partial charge in [0.25, 0.3) is 5.91 Å². The van der Waals surface area contributed by atoms with Crippen LogP contribution >= 0.6 is 0 Å². The van der Waals surface area contributed by atoms with E-state index in [1.807, 2.05) is 0 Å². The molecule has 0 aromatic carbocycles. The van der Waals surface area contributed by atoms with Gasteiger partial charge in [0.1, 0.15) is 5.54 Å². The number of nitrogens with one attached hydrogen (secondary N) is 2. The summed E-state index contributed by atoms with van der Waals surface area (Å²) in [6.07, 6.45) is 3.35. The normalized spacial score (nSPS) is 23.8. The van der Waals surface area contributed by atoms with Crippen molar-refractivity contribution in [1.82, 2.24) is 15.5 Å². The third-order valence-electron chi connectivity index (χ3n) is 3.01. The summed E-state index contributed by atoms with van der Waals surface area (Å²) in [5, 5.41) is 6.03. The third-order valence-corrected chi connectivity index (χ3v) is 3.01. The lowest BCUT2D eigenvalue weighted by atomic mass is 10.1. The lowest BCUT2D eigenvalue weighted by molar-refractivity contribution is -0.130. The minimum absolute atomic E-state index is 0.121. The maximum Gasteiger partial charge on any atom is 0.325 e. The zero-order chi connectivity index (χ0) is 11.8. The lowest BCUT2D eigenvalue weighted by Crippen LogP contribution is -2.40. The van der Waals surface area contributed by atoms with Gasteiger partial charge in [0.15, 0.2) is 0 Å². The molecular formula is C11H19N3O2. The molecule has 1 aliphatic heterocycles. The zero-order valence-electron chi connectivity index (χ0n) is 9.88. The first-order valence-corrected chi connectivity index (χ1v) is 5.88. The van der Waals surface area contributed by atoms with Crippen LogP contribution in [0.5, 0.6) is 0 Å². The number of imide groups is 1. The molecule has 0 aromatic heterocycles. The van der Waals surface area contributed by atoms with E-state index in [-0.39, 0.29) is 11.9 Å². The first-order chi connectivity index (χ1) is 7.50. The quantitative estimate of drug-likeness (QED) is 0.528. The maximum atomic E-state index is 11.8. The Morgan fingerprint density at radius 1 is 1.44 bits per heavy atom. The number of rotatable bonds is 5. The van der Waals surface area contributed by atoms with Gasteiger partial charge < -0.3 is 10.6 Å². The van der Waals surface area contributed by atoms with Crippen molar-refractivity contribution >= 4 is 11.9 Å². The molecule has 1 heterocycles. The number of urea groups is 1. The van der Waals surface area contributed by atoms with Crippen molar-refractivity contribution in [2.75, 3.05) is 13.1 Å². The van der Waals surface area contributed by atoms with Crippen LogP contribution in [0.1, 0.15) is 33.1 Å². The van der Waals surface area contributed by atoms with Crippen molar-refractivity contribution in [1.29, 1.82) is 0 Å². The van der Waals surface area contributed by atoms with Gasteiger partial charge in [-0.3, -0.25) is 9.69 Å². The van der Waals surface area contributed by atoms with Crippen LogP contribution in [0.15, 0.2) is 0 Å². The Balaban J connectivity index is 1.75. The fourth-order valence-corrected chi connectivity index (χ4v) is 1.85. The fraction of sp³-hybridized carbons (Fsp3) is 0.818. The van der Waals surface area contributed by atoms with E-state index < -0.39 is 5.54 Å². The summed E-state index contributed by atoms with van der Waals surface area (Å²) in [5.41, 5.74) is -0.735. The lowest BCUT2D eigenvalue weighted by Gasteiger charge is -2.15. The number of amides is 3. The second kappa shape index (κ2) is 4.05. The summed E-state index contributed by atoms with van der Waals surface area (Å²) in [7, 11) is 0. The average molecular weight is 225 g/mol. The van der Waals surface area contributed by atoms with Crippen LogP contribution in [0.2, 0.25) is 0 Å². The summed E-state index contributed by atoms with van der Waals surface area (Å²) in [5.74, 6) is -0.121. The highest BCUT2D eigenvalue weighted by Gasteiger charge is 2.43. The maximum absolute atomic E-state index is 11.8. The van der Waals surface area contributed by atoms with Gasteiger partial charge in [0.05, 0.1) is 0 Å². The number of nitrogens with zero attached hydrogens (tertiary/aromatic N) is 1. The van der Waals surface area contributed by atoms with Crippen LogP contribution in [-0.2, 0) is 4.79 Å². The molecule has 16 heavy (non-hydrogen) atoms. The van der Waals surface area contributed by atoms with Crippen molar-refractivity contribution in [3.63, 3.8) is 0 Å². The number of hydrogen-bond donors (Lipinski definition) is 2. The monoisotopic (exact) mass is 225 g/mol. The second-order valence-corrected chi connectivity index (χ2v) is 5.09. The molecule has 0 bridgehead atoms. The number of hydrogen-bond acceptors (Lipinski definition) is 3. The molecular weight excluding hydrogens is 206 g/mol. The van der Waals surface area contributed by atoms with Gasteiger partial charge in [-0.25, -0.2) is 4.79 Å². The van der Waals surface area contributed by atoms with Crippen molar-refractivity contribution in [3.05, 3.63) is 0 Å².